The Bertz CT molecular complexity index is 435. The third-order valence-corrected chi connectivity index (χ3v) is 3.27. The lowest BCUT2D eigenvalue weighted by Gasteiger charge is -2.27. The van der Waals surface area contributed by atoms with Gasteiger partial charge >= 0.3 is 5.97 Å². The van der Waals surface area contributed by atoms with Crippen molar-refractivity contribution in [3.05, 3.63) is 18.2 Å². The van der Waals surface area contributed by atoms with Crippen molar-refractivity contribution in [3.8, 4) is 0 Å². The minimum atomic E-state index is -0.465. The fraction of sp³-hybridized carbons (Fsp3) is 0.733. The van der Waals surface area contributed by atoms with Crippen LogP contribution in [0.5, 0.6) is 0 Å². The molecule has 0 aliphatic carbocycles. The smallest absolute Gasteiger partial charge is 0.323 e. The summed E-state index contributed by atoms with van der Waals surface area (Å²) in [7, 11) is 1.94. The van der Waals surface area contributed by atoms with Crippen LogP contribution < -0.4 is 5.32 Å². The molecule has 5 nitrogen and oxygen atoms in total. The summed E-state index contributed by atoms with van der Waals surface area (Å²) in [5.74, 6) is 0.924. The van der Waals surface area contributed by atoms with E-state index in [1.807, 2.05) is 38.6 Å². The normalized spacial score (nSPS) is 14.9. The Kier molecular flexibility index (Phi) is 5.74. The van der Waals surface area contributed by atoms with E-state index in [1.54, 1.807) is 6.20 Å². The molecule has 1 N–H and O–H groups in total. The van der Waals surface area contributed by atoms with Gasteiger partial charge in [-0.3, -0.25) is 10.1 Å². The summed E-state index contributed by atoms with van der Waals surface area (Å²) in [5, 5.41) is 3.28. The molecule has 0 radical (unpaired) electrons. The highest BCUT2D eigenvalue weighted by Crippen LogP contribution is 2.15. The van der Waals surface area contributed by atoms with Crippen molar-refractivity contribution < 1.29 is 9.53 Å². The zero-order valence-electron chi connectivity index (χ0n) is 13.4. The first kappa shape index (κ1) is 16.7. The van der Waals surface area contributed by atoms with Gasteiger partial charge in [0.25, 0.3) is 0 Å². The van der Waals surface area contributed by atoms with E-state index >= 15 is 0 Å². The molecule has 1 aromatic rings. The van der Waals surface area contributed by atoms with Crippen LogP contribution in [0.4, 0.5) is 0 Å². The molecule has 0 aliphatic heterocycles. The average Bonchev–Trinajstić information content (AvgIpc) is 2.72. The molecule has 1 rings (SSSR count). The highest BCUT2D eigenvalue weighted by atomic mass is 16.6. The number of nitrogens with one attached hydrogen (secondary N) is 1. The standard InChI is InChI=1S/C15H27N3O2/c1-7-11(2)13(14(19)20-15(3,4)5)17-10-12-16-8-9-18(12)6/h8-9,11,13,17H,7,10H2,1-6H3/t11?,13-/m0/s1. The first-order chi connectivity index (χ1) is 9.24. The number of esters is 1. The summed E-state index contributed by atoms with van der Waals surface area (Å²) >= 11 is 0. The summed E-state index contributed by atoms with van der Waals surface area (Å²) in [6.07, 6.45) is 4.56. The second kappa shape index (κ2) is 6.88. The molecule has 114 valence electrons. The molecule has 0 amide bonds. The number of rotatable bonds is 6. The zero-order valence-corrected chi connectivity index (χ0v) is 13.4. The van der Waals surface area contributed by atoms with Crippen LogP contribution in [-0.2, 0) is 23.1 Å². The van der Waals surface area contributed by atoms with Gasteiger partial charge in [-0.05, 0) is 26.7 Å². The average molecular weight is 281 g/mol. The lowest BCUT2D eigenvalue weighted by Crippen LogP contribution is -2.45. The highest BCUT2D eigenvalue weighted by Gasteiger charge is 2.28. The monoisotopic (exact) mass is 281 g/mol. The molecule has 0 bridgehead atoms. The minimum Gasteiger partial charge on any atom is -0.459 e. The molecule has 5 heteroatoms. The Balaban J connectivity index is 2.70. The van der Waals surface area contributed by atoms with E-state index in [0.717, 1.165) is 12.2 Å². The molecule has 0 spiro atoms. The van der Waals surface area contributed by atoms with Crippen molar-refractivity contribution in [1.29, 1.82) is 0 Å². The van der Waals surface area contributed by atoms with Crippen LogP contribution in [0.15, 0.2) is 12.4 Å². The Labute approximate surface area is 121 Å². The largest absolute Gasteiger partial charge is 0.459 e. The fourth-order valence-corrected chi connectivity index (χ4v) is 1.89. The van der Waals surface area contributed by atoms with Crippen LogP contribution in [0.2, 0.25) is 0 Å². The third-order valence-electron chi connectivity index (χ3n) is 3.27. The second-order valence-electron chi connectivity index (χ2n) is 6.23. The van der Waals surface area contributed by atoms with Crippen molar-refractivity contribution in [1.82, 2.24) is 14.9 Å². The summed E-state index contributed by atoms with van der Waals surface area (Å²) in [5.41, 5.74) is -0.465. The second-order valence-corrected chi connectivity index (χ2v) is 6.23. The van der Waals surface area contributed by atoms with Crippen LogP contribution in [-0.4, -0.2) is 27.2 Å². The van der Waals surface area contributed by atoms with Crippen LogP contribution >= 0.6 is 0 Å². The molecule has 1 unspecified atom stereocenters. The maximum Gasteiger partial charge on any atom is 0.323 e. The first-order valence-electron chi connectivity index (χ1n) is 7.17. The minimum absolute atomic E-state index is 0.193. The predicted molar refractivity (Wildman–Crippen MR) is 79.1 cm³/mol. The third kappa shape index (κ3) is 4.96. The van der Waals surface area contributed by atoms with Gasteiger partial charge in [0.15, 0.2) is 0 Å². The quantitative estimate of drug-likeness (QED) is 0.813. The van der Waals surface area contributed by atoms with E-state index in [2.05, 4.69) is 24.1 Å². The van der Waals surface area contributed by atoms with Crippen LogP contribution in [0.25, 0.3) is 0 Å². The van der Waals surface area contributed by atoms with Gasteiger partial charge in [-0.15, -0.1) is 0 Å². The van der Waals surface area contributed by atoms with E-state index in [9.17, 15) is 4.79 Å². The molecule has 1 aromatic heterocycles. The molecule has 0 aromatic carbocycles. The molecule has 0 saturated carbocycles. The van der Waals surface area contributed by atoms with Gasteiger partial charge in [-0.2, -0.15) is 0 Å². The molecule has 2 atom stereocenters. The molecular formula is C15H27N3O2. The highest BCUT2D eigenvalue weighted by molar-refractivity contribution is 5.76. The van der Waals surface area contributed by atoms with Gasteiger partial charge in [0, 0.05) is 19.4 Å². The number of imidazole rings is 1. The van der Waals surface area contributed by atoms with Gasteiger partial charge in [0.1, 0.15) is 17.5 Å². The SMILES string of the molecule is CCC(C)[C@H](NCc1nccn1C)C(=O)OC(C)(C)C. The summed E-state index contributed by atoms with van der Waals surface area (Å²) < 4.78 is 7.43. The number of hydrogen-bond acceptors (Lipinski definition) is 4. The van der Waals surface area contributed by atoms with Crippen LogP contribution in [0.3, 0.4) is 0 Å². The Morgan fingerprint density at radius 2 is 2.15 bits per heavy atom. The topological polar surface area (TPSA) is 56.2 Å². The van der Waals surface area contributed by atoms with E-state index < -0.39 is 5.60 Å². The Morgan fingerprint density at radius 3 is 2.60 bits per heavy atom. The van der Waals surface area contributed by atoms with Crippen molar-refractivity contribution in [2.45, 2.75) is 59.2 Å². The van der Waals surface area contributed by atoms with Crippen LogP contribution in [0, 0.1) is 5.92 Å². The van der Waals surface area contributed by atoms with Crippen LogP contribution in [0.1, 0.15) is 46.9 Å². The van der Waals surface area contributed by atoms with E-state index in [4.69, 9.17) is 4.74 Å². The number of nitrogens with zero attached hydrogens (tertiary/aromatic N) is 2. The Hall–Kier alpha value is -1.36. The lowest BCUT2D eigenvalue weighted by molar-refractivity contribution is -0.159. The number of carbonyl (C=O) groups excluding carboxylic acids is 1. The maximum atomic E-state index is 12.3. The number of hydrogen-bond donors (Lipinski definition) is 1. The molecule has 0 aliphatic rings. The predicted octanol–water partition coefficient (Wildman–Crippen LogP) is 2.27. The van der Waals surface area contributed by atoms with Gasteiger partial charge in [0.2, 0.25) is 0 Å². The lowest BCUT2D eigenvalue weighted by atomic mass is 9.99. The summed E-state index contributed by atoms with van der Waals surface area (Å²) in [6, 6.07) is -0.309. The van der Waals surface area contributed by atoms with Crippen molar-refractivity contribution >= 4 is 5.97 Å². The summed E-state index contributed by atoms with van der Waals surface area (Å²) in [4.78, 5) is 16.5. The van der Waals surface area contributed by atoms with Crippen molar-refractivity contribution in [3.63, 3.8) is 0 Å². The molecule has 0 saturated heterocycles. The number of carbonyl (C=O) groups is 1. The first-order valence-corrected chi connectivity index (χ1v) is 7.17. The Morgan fingerprint density at radius 1 is 1.50 bits per heavy atom. The van der Waals surface area contributed by atoms with Gasteiger partial charge in [-0.25, -0.2) is 4.98 Å². The summed E-state index contributed by atoms with van der Waals surface area (Å²) in [6.45, 7) is 10.3. The number of aromatic nitrogens is 2. The van der Waals surface area contributed by atoms with E-state index in [-0.39, 0.29) is 17.9 Å². The van der Waals surface area contributed by atoms with Gasteiger partial charge in [0.05, 0.1) is 6.54 Å². The number of ether oxygens (including phenoxy) is 1. The molecule has 0 fully saturated rings. The molecule has 20 heavy (non-hydrogen) atoms. The van der Waals surface area contributed by atoms with Gasteiger partial charge in [-0.1, -0.05) is 20.3 Å². The maximum absolute atomic E-state index is 12.3. The molecule has 1 heterocycles. The van der Waals surface area contributed by atoms with Crippen molar-refractivity contribution in [2.75, 3.05) is 0 Å². The fourth-order valence-electron chi connectivity index (χ4n) is 1.89. The van der Waals surface area contributed by atoms with Gasteiger partial charge < -0.3 is 9.30 Å². The van der Waals surface area contributed by atoms with E-state index in [1.165, 1.54) is 0 Å². The molecular weight excluding hydrogens is 254 g/mol. The zero-order chi connectivity index (χ0) is 15.3. The number of aryl methyl sites for hydroxylation is 1. The van der Waals surface area contributed by atoms with Crippen molar-refractivity contribution in [2.24, 2.45) is 13.0 Å². The van der Waals surface area contributed by atoms with E-state index in [0.29, 0.717) is 6.54 Å².